The molecule has 0 spiro atoms. The summed E-state index contributed by atoms with van der Waals surface area (Å²) in [5.74, 6) is 1.11. The van der Waals surface area contributed by atoms with Crippen LogP contribution in [0.2, 0.25) is 0 Å². The Hall–Kier alpha value is -2.63. The van der Waals surface area contributed by atoms with Crippen LogP contribution >= 0.6 is 0 Å². The number of carbonyl (C=O) groups excluding carboxylic acids is 1. The van der Waals surface area contributed by atoms with Crippen molar-refractivity contribution in [2.75, 3.05) is 18.5 Å². The summed E-state index contributed by atoms with van der Waals surface area (Å²) in [5.41, 5.74) is 1.31. The Labute approximate surface area is 136 Å². The predicted molar refractivity (Wildman–Crippen MR) is 90.2 cm³/mol. The highest BCUT2D eigenvalue weighted by atomic mass is 16.5. The van der Waals surface area contributed by atoms with Gasteiger partial charge in [-0.3, -0.25) is 4.79 Å². The van der Waals surface area contributed by atoms with Crippen LogP contribution in [0.4, 0.5) is 11.6 Å². The molecule has 0 unspecified atom stereocenters. The number of anilines is 2. The molecule has 0 saturated carbocycles. The van der Waals surface area contributed by atoms with Crippen LogP contribution in [0.15, 0.2) is 36.7 Å². The van der Waals surface area contributed by atoms with E-state index in [0.29, 0.717) is 24.7 Å². The van der Waals surface area contributed by atoms with E-state index in [9.17, 15) is 4.79 Å². The van der Waals surface area contributed by atoms with E-state index in [2.05, 4.69) is 27.5 Å². The van der Waals surface area contributed by atoms with Crippen LogP contribution in [0.25, 0.3) is 0 Å². The zero-order valence-corrected chi connectivity index (χ0v) is 13.5. The molecule has 0 fully saturated rings. The van der Waals surface area contributed by atoms with Crippen molar-refractivity contribution in [1.82, 2.24) is 15.3 Å². The molecule has 0 saturated heterocycles. The summed E-state index contributed by atoms with van der Waals surface area (Å²) in [5, 5.41) is 5.92. The number of unbranched alkanes of at least 4 members (excludes halogenated alkanes) is 1. The lowest BCUT2D eigenvalue weighted by molar-refractivity contribution is 0.0952. The van der Waals surface area contributed by atoms with Gasteiger partial charge in [-0.15, -0.1) is 0 Å². The lowest BCUT2D eigenvalue weighted by Crippen LogP contribution is -2.24. The number of rotatable bonds is 8. The third-order valence-electron chi connectivity index (χ3n) is 3.15. The van der Waals surface area contributed by atoms with Gasteiger partial charge in [-0.2, -0.15) is 0 Å². The van der Waals surface area contributed by atoms with Crippen LogP contribution in [0.1, 0.15) is 37.0 Å². The van der Waals surface area contributed by atoms with Gasteiger partial charge in [0.25, 0.3) is 5.91 Å². The molecule has 0 radical (unpaired) electrons. The summed E-state index contributed by atoms with van der Waals surface area (Å²) in [6.07, 6.45) is 5.04. The van der Waals surface area contributed by atoms with Gasteiger partial charge in [0.15, 0.2) is 0 Å². The van der Waals surface area contributed by atoms with Crippen molar-refractivity contribution in [2.24, 2.45) is 0 Å². The fourth-order valence-electron chi connectivity index (χ4n) is 1.92. The molecule has 6 heteroatoms. The van der Waals surface area contributed by atoms with Crippen molar-refractivity contribution in [3.05, 3.63) is 42.2 Å². The minimum atomic E-state index is -0.147. The Kier molecular flexibility index (Phi) is 6.35. The van der Waals surface area contributed by atoms with Gasteiger partial charge in [-0.05, 0) is 37.6 Å². The van der Waals surface area contributed by atoms with Crippen LogP contribution in [0, 0.1) is 0 Å². The van der Waals surface area contributed by atoms with E-state index in [1.54, 1.807) is 0 Å². The van der Waals surface area contributed by atoms with Crippen molar-refractivity contribution < 1.29 is 9.53 Å². The molecule has 2 aromatic rings. The first-order chi connectivity index (χ1) is 11.2. The Morgan fingerprint density at radius 1 is 1.13 bits per heavy atom. The summed E-state index contributed by atoms with van der Waals surface area (Å²) in [4.78, 5) is 20.2. The number of nitrogens with zero attached hydrogens (tertiary/aromatic N) is 2. The molecule has 2 N–H and O–H groups in total. The second-order valence-corrected chi connectivity index (χ2v) is 4.99. The molecule has 6 nitrogen and oxygen atoms in total. The quantitative estimate of drug-likeness (QED) is 0.732. The molecule has 23 heavy (non-hydrogen) atoms. The summed E-state index contributed by atoms with van der Waals surface area (Å²) in [7, 11) is 0. The van der Waals surface area contributed by atoms with Gasteiger partial charge in [-0.1, -0.05) is 13.3 Å². The molecule has 1 heterocycles. The van der Waals surface area contributed by atoms with Crippen LogP contribution < -0.4 is 15.4 Å². The van der Waals surface area contributed by atoms with Gasteiger partial charge >= 0.3 is 0 Å². The number of benzene rings is 1. The Morgan fingerprint density at radius 2 is 1.83 bits per heavy atom. The highest BCUT2D eigenvalue weighted by Gasteiger charge is 2.06. The van der Waals surface area contributed by atoms with Crippen LogP contribution in [-0.4, -0.2) is 29.0 Å². The van der Waals surface area contributed by atoms with Crippen molar-refractivity contribution in [3.8, 4) is 5.75 Å². The van der Waals surface area contributed by atoms with Crippen LogP contribution in [-0.2, 0) is 0 Å². The highest BCUT2D eigenvalue weighted by Crippen LogP contribution is 2.18. The first-order valence-corrected chi connectivity index (χ1v) is 7.83. The number of aromatic nitrogens is 2. The van der Waals surface area contributed by atoms with E-state index in [1.807, 2.05) is 31.2 Å². The Morgan fingerprint density at radius 3 is 2.43 bits per heavy atom. The maximum atomic E-state index is 11.9. The molecule has 122 valence electrons. The smallest absolute Gasteiger partial charge is 0.254 e. The standard InChI is InChI=1S/C17H22N4O2/c1-3-5-10-18-16(22)13-11-19-17(20-12-13)21-14-6-8-15(9-7-14)23-4-2/h6-9,11-12H,3-5,10H2,1-2H3,(H,18,22)(H,19,20,21). The largest absolute Gasteiger partial charge is 0.494 e. The Bertz CT molecular complexity index is 611. The summed E-state index contributed by atoms with van der Waals surface area (Å²) in [6.45, 7) is 5.33. The summed E-state index contributed by atoms with van der Waals surface area (Å²) >= 11 is 0. The normalized spacial score (nSPS) is 10.2. The average Bonchev–Trinajstić information content (AvgIpc) is 2.58. The third-order valence-corrected chi connectivity index (χ3v) is 3.15. The van der Waals surface area contributed by atoms with Gasteiger partial charge in [0.2, 0.25) is 5.95 Å². The topological polar surface area (TPSA) is 76.1 Å². The molecule has 0 aliphatic heterocycles. The van der Waals surface area contributed by atoms with Gasteiger partial charge in [0.1, 0.15) is 5.75 Å². The molecule has 1 aromatic carbocycles. The molecule has 0 aliphatic carbocycles. The lowest BCUT2D eigenvalue weighted by Gasteiger charge is -2.07. The Balaban J connectivity index is 1.92. The SMILES string of the molecule is CCCCNC(=O)c1cnc(Nc2ccc(OCC)cc2)nc1. The van der Waals surface area contributed by atoms with Crippen LogP contribution in [0.5, 0.6) is 5.75 Å². The fraction of sp³-hybridized carbons (Fsp3) is 0.353. The number of nitrogens with one attached hydrogen (secondary N) is 2. The van der Waals surface area contributed by atoms with Gasteiger partial charge in [-0.25, -0.2) is 9.97 Å². The van der Waals surface area contributed by atoms with Crippen LogP contribution in [0.3, 0.4) is 0 Å². The van der Waals surface area contributed by atoms with E-state index >= 15 is 0 Å². The second kappa shape index (κ2) is 8.73. The van der Waals surface area contributed by atoms with Gasteiger partial charge in [0, 0.05) is 24.6 Å². The first kappa shape index (κ1) is 16.7. The molecular formula is C17H22N4O2. The van der Waals surface area contributed by atoms with Gasteiger partial charge < -0.3 is 15.4 Å². The first-order valence-electron chi connectivity index (χ1n) is 7.83. The number of hydrogen-bond acceptors (Lipinski definition) is 5. The molecule has 0 bridgehead atoms. The maximum Gasteiger partial charge on any atom is 0.254 e. The van der Waals surface area contributed by atoms with E-state index in [0.717, 1.165) is 24.3 Å². The molecule has 0 aliphatic rings. The van der Waals surface area contributed by atoms with Crippen molar-refractivity contribution >= 4 is 17.5 Å². The third kappa shape index (κ3) is 5.25. The number of carbonyl (C=O) groups is 1. The zero-order chi connectivity index (χ0) is 16.5. The lowest BCUT2D eigenvalue weighted by atomic mass is 10.3. The van der Waals surface area contributed by atoms with E-state index in [1.165, 1.54) is 12.4 Å². The predicted octanol–water partition coefficient (Wildman–Crippen LogP) is 3.15. The minimum absolute atomic E-state index is 0.147. The maximum absolute atomic E-state index is 11.9. The van der Waals surface area contributed by atoms with E-state index in [-0.39, 0.29) is 5.91 Å². The molecular weight excluding hydrogens is 292 g/mol. The molecule has 2 rings (SSSR count). The number of hydrogen-bond donors (Lipinski definition) is 2. The van der Waals surface area contributed by atoms with Gasteiger partial charge in [0.05, 0.1) is 12.2 Å². The van der Waals surface area contributed by atoms with Crippen molar-refractivity contribution in [3.63, 3.8) is 0 Å². The van der Waals surface area contributed by atoms with Crippen molar-refractivity contribution in [2.45, 2.75) is 26.7 Å². The number of ether oxygens (including phenoxy) is 1. The summed E-state index contributed by atoms with van der Waals surface area (Å²) < 4.78 is 5.39. The second-order valence-electron chi connectivity index (χ2n) is 4.99. The summed E-state index contributed by atoms with van der Waals surface area (Å²) in [6, 6.07) is 7.53. The number of amides is 1. The highest BCUT2D eigenvalue weighted by molar-refractivity contribution is 5.93. The van der Waals surface area contributed by atoms with Crippen molar-refractivity contribution in [1.29, 1.82) is 0 Å². The zero-order valence-electron chi connectivity index (χ0n) is 13.5. The molecule has 1 aromatic heterocycles. The minimum Gasteiger partial charge on any atom is -0.494 e. The van der Waals surface area contributed by atoms with E-state index < -0.39 is 0 Å². The molecule has 0 atom stereocenters. The monoisotopic (exact) mass is 314 g/mol. The average molecular weight is 314 g/mol. The van der Waals surface area contributed by atoms with E-state index in [4.69, 9.17) is 4.74 Å². The molecule has 1 amide bonds. The fourth-order valence-corrected chi connectivity index (χ4v) is 1.92.